The second-order valence-corrected chi connectivity index (χ2v) is 9.53. The van der Waals surface area contributed by atoms with Gasteiger partial charge in [0.25, 0.3) is 0 Å². The van der Waals surface area contributed by atoms with Crippen molar-refractivity contribution >= 4 is 11.8 Å². The summed E-state index contributed by atoms with van der Waals surface area (Å²) in [6.07, 6.45) is 14.0. The molecule has 2 saturated carbocycles. The molecule has 1 unspecified atom stereocenters. The highest BCUT2D eigenvalue weighted by atomic mass is 16.4. The quantitative estimate of drug-likeness (QED) is 0.755. The molecule has 1 heterocycles. The van der Waals surface area contributed by atoms with E-state index in [-0.39, 0.29) is 22.5 Å². The Morgan fingerprint density at radius 1 is 1.33 bits per heavy atom. The van der Waals surface area contributed by atoms with Crippen molar-refractivity contribution in [2.75, 3.05) is 6.54 Å². The zero-order chi connectivity index (χ0) is 19.2. The van der Waals surface area contributed by atoms with E-state index >= 15 is 0 Å². The Morgan fingerprint density at radius 2 is 2.15 bits per heavy atom. The molecule has 6 atom stereocenters. The molecule has 1 saturated heterocycles. The Balaban J connectivity index is 1.66. The van der Waals surface area contributed by atoms with E-state index in [1.165, 1.54) is 0 Å². The van der Waals surface area contributed by atoms with Crippen LogP contribution in [0.2, 0.25) is 0 Å². The second kappa shape index (κ2) is 6.79. The van der Waals surface area contributed by atoms with Crippen LogP contribution >= 0.6 is 0 Å². The predicted molar refractivity (Wildman–Crippen MR) is 105 cm³/mol. The lowest BCUT2D eigenvalue weighted by Crippen LogP contribution is -2.57. The zero-order valence-corrected chi connectivity index (χ0v) is 16.7. The number of carbonyl (C=O) groups is 2. The molecule has 4 heteroatoms. The number of hydrogen-bond donors (Lipinski definition) is 2. The van der Waals surface area contributed by atoms with E-state index < -0.39 is 5.97 Å². The van der Waals surface area contributed by atoms with Gasteiger partial charge in [-0.3, -0.25) is 9.59 Å². The summed E-state index contributed by atoms with van der Waals surface area (Å²) in [6.45, 7) is 5.30. The average Bonchev–Trinajstić information content (AvgIpc) is 3.07. The van der Waals surface area contributed by atoms with Crippen molar-refractivity contribution in [1.82, 2.24) is 5.32 Å². The van der Waals surface area contributed by atoms with Gasteiger partial charge in [-0.05, 0) is 61.3 Å². The van der Waals surface area contributed by atoms with Crippen molar-refractivity contribution in [3.05, 3.63) is 23.9 Å². The molecular weight excluding hydrogens is 338 g/mol. The maximum absolute atomic E-state index is 12.3. The van der Waals surface area contributed by atoms with Crippen molar-refractivity contribution in [2.24, 2.45) is 34.5 Å². The summed E-state index contributed by atoms with van der Waals surface area (Å²) >= 11 is 0. The SMILES string of the molecule is CCCCC(C(=O)O)[C@@]12CCC[C@H]1[C@@H]1CNC3=CC(=O)C=C[C@]3(C)[C@H]1CC2. The number of carboxylic acids is 1. The topological polar surface area (TPSA) is 66.4 Å². The molecule has 0 aromatic carbocycles. The predicted octanol–water partition coefficient (Wildman–Crippen LogP) is 4.32. The minimum atomic E-state index is -0.576. The van der Waals surface area contributed by atoms with Crippen molar-refractivity contribution in [1.29, 1.82) is 0 Å². The Bertz CT molecular complexity index is 696. The third-order valence-electron chi connectivity index (χ3n) is 8.45. The molecule has 148 valence electrons. The molecule has 4 aliphatic rings. The van der Waals surface area contributed by atoms with Crippen LogP contribution in [0.3, 0.4) is 0 Å². The fourth-order valence-electron chi connectivity index (χ4n) is 7.18. The number of hydrogen-bond acceptors (Lipinski definition) is 3. The number of carboxylic acid groups (broad SMARTS) is 1. The van der Waals surface area contributed by atoms with E-state index in [9.17, 15) is 14.7 Å². The van der Waals surface area contributed by atoms with Crippen molar-refractivity contribution < 1.29 is 14.7 Å². The molecule has 0 radical (unpaired) electrons. The van der Waals surface area contributed by atoms with Gasteiger partial charge in [0.2, 0.25) is 0 Å². The monoisotopic (exact) mass is 371 g/mol. The number of fused-ring (bicyclic) bond motifs is 5. The Morgan fingerprint density at radius 3 is 2.89 bits per heavy atom. The molecule has 0 amide bonds. The minimum Gasteiger partial charge on any atom is -0.481 e. The van der Waals surface area contributed by atoms with E-state index in [2.05, 4.69) is 25.2 Å². The minimum absolute atomic E-state index is 0.0182. The first kappa shape index (κ1) is 18.8. The van der Waals surface area contributed by atoms with Crippen molar-refractivity contribution in [3.63, 3.8) is 0 Å². The maximum atomic E-state index is 12.3. The number of ketones is 1. The fourth-order valence-corrected chi connectivity index (χ4v) is 7.18. The maximum Gasteiger partial charge on any atom is 0.307 e. The Labute approximate surface area is 162 Å². The largest absolute Gasteiger partial charge is 0.481 e. The molecule has 4 rings (SSSR count). The van der Waals surface area contributed by atoms with Crippen LogP contribution < -0.4 is 5.32 Å². The average molecular weight is 372 g/mol. The number of unbranched alkanes of at least 4 members (excludes halogenated alkanes) is 1. The number of carbonyl (C=O) groups excluding carboxylic acids is 1. The molecule has 3 aliphatic carbocycles. The highest BCUT2D eigenvalue weighted by molar-refractivity contribution is 6.01. The van der Waals surface area contributed by atoms with Gasteiger partial charge in [-0.25, -0.2) is 0 Å². The summed E-state index contributed by atoms with van der Waals surface area (Å²) in [7, 11) is 0. The first-order valence-corrected chi connectivity index (χ1v) is 10.8. The van der Waals surface area contributed by atoms with Gasteiger partial charge in [-0.2, -0.15) is 0 Å². The molecule has 2 N–H and O–H groups in total. The van der Waals surface area contributed by atoms with Crippen LogP contribution in [-0.2, 0) is 9.59 Å². The van der Waals surface area contributed by atoms with Gasteiger partial charge in [0.1, 0.15) is 0 Å². The summed E-state index contributed by atoms with van der Waals surface area (Å²) in [5, 5.41) is 13.7. The van der Waals surface area contributed by atoms with Crippen LogP contribution in [0.1, 0.15) is 65.2 Å². The van der Waals surface area contributed by atoms with Gasteiger partial charge in [-0.15, -0.1) is 0 Å². The third kappa shape index (κ3) is 2.78. The molecule has 4 nitrogen and oxygen atoms in total. The number of rotatable bonds is 5. The summed E-state index contributed by atoms with van der Waals surface area (Å²) in [5.74, 6) is 0.804. The first-order valence-electron chi connectivity index (χ1n) is 10.8. The van der Waals surface area contributed by atoms with E-state index in [0.29, 0.717) is 17.8 Å². The van der Waals surface area contributed by atoms with Gasteiger partial charge in [0, 0.05) is 23.7 Å². The third-order valence-corrected chi connectivity index (χ3v) is 8.45. The van der Waals surface area contributed by atoms with E-state index in [1.807, 2.05) is 0 Å². The Hall–Kier alpha value is -1.58. The van der Waals surface area contributed by atoms with Crippen LogP contribution in [0.25, 0.3) is 0 Å². The molecule has 3 fully saturated rings. The highest BCUT2D eigenvalue weighted by Crippen LogP contribution is 2.64. The lowest BCUT2D eigenvalue weighted by Gasteiger charge is -2.58. The van der Waals surface area contributed by atoms with Crippen LogP contribution in [-0.4, -0.2) is 23.4 Å². The van der Waals surface area contributed by atoms with Crippen molar-refractivity contribution in [2.45, 2.75) is 65.2 Å². The van der Waals surface area contributed by atoms with Crippen LogP contribution in [0, 0.1) is 34.5 Å². The van der Waals surface area contributed by atoms with E-state index in [4.69, 9.17) is 0 Å². The summed E-state index contributed by atoms with van der Waals surface area (Å²) < 4.78 is 0. The molecular formula is C23H33NO3. The van der Waals surface area contributed by atoms with Crippen LogP contribution in [0.5, 0.6) is 0 Å². The highest BCUT2D eigenvalue weighted by Gasteiger charge is 2.60. The number of aliphatic carboxylic acids is 1. The number of piperidine rings is 1. The lowest BCUT2D eigenvalue weighted by molar-refractivity contribution is -0.154. The summed E-state index contributed by atoms with van der Waals surface area (Å²) in [6, 6.07) is 0. The van der Waals surface area contributed by atoms with Gasteiger partial charge >= 0.3 is 5.97 Å². The summed E-state index contributed by atoms with van der Waals surface area (Å²) in [4.78, 5) is 24.1. The van der Waals surface area contributed by atoms with E-state index in [1.54, 1.807) is 12.2 Å². The zero-order valence-electron chi connectivity index (χ0n) is 16.7. The van der Waals surface area contributed by atoms with Gasteiger partial charge in [0.05, 0.1) is 5.92 Å². The number of nitrogens with one attached hydrogen (secondary N) is 1. The first-order chi connectivity index (χ1) is 12.9. The molecule has 27 heavy (non-hydrogen) atoms. The van der Waals surface area contributed by atoms with Gasteiger partial charge in [0.15, 0.2) is 5.78 Å². The smallest absolute Gasteiger partial charge is 0.307 e. The van der Waals surface area contributed by atoms with Gasteiger partial charge < -0.3 is 10.4 Å². The standard InChI is InChI=1S/C23H33NO3/c1-3-4-6-19(21(26)27)23-10-5-7-18(23)16-14-24-20-13-15(25)8-11-22(20,2)17(16)9-12-23/h8,11,13,16-19,24H,3-7,9-10,12,14H2,1-2H3,(H,26,27)/t16-,17+,18+,19?,22-,23-/m1/s1. The van der Waals surface area contributed by atoms with E-state index in [0.717, 1.165) is 63.6 Å². The second-order valence-electron chi connectivity index (χ2n) is 9.53. The molecule has 1 aliphatic heterocycles. The Kier molecular flexibility index (Phi) is 4.72. The fraction of sp³-hybridized carbons (Fsp3) is 0.739. The van der Waals surface area contributed by atoms with Crippen molar-refractivity contribution in [3.8, 4) is 0 Å². The number of allylic oxidation sites excluding steroid dienone is 3. The summed E-state index contributed by atoms with van der Waals surface area (Å²) in [5.41, 5.74) is 0.950. The molecule has 0 spiro atoms. The van der Waals surface area contributed by atoms with Gasteiger partial charge in [-0.1, -0.05) is 39.2 Å². The molecule has 0 aromatic rings. The lowest BCUT2D eigenvalue weighted by atomic mass is 9.48. The van der Waals surface area contributed by atoms with Crippen LogP contribution in [0.15, 0.2) is 23.9 Å². The molecule has 0 bridgehead atoms. The molecule has 0 aromatic heterocycles. The van der Waals surface area contributed by atoms with Crippen LogP contribution in [0.4, 0.5) is 0 Å². The normalized spacial score (nSPS) is 41.0.